The van der Waals surface area contributed by atoms with Gasteiger partial charge >= 0.3 is 0 Å². The SMILES string of the molecule is O=C(Nc1cnn(COc2ccc(Br)cc2)c1)C1CC1c1ccc(Cl)cc1. The van der Waals surface area contributed by atoms with E-state index in [1.165, 1.54) is 0 Å². The van der Waals surface area contributed by atoms with Crippen LogP contribution in [0.4, 0.5) is 5.69 Å². The zero-order chi connectivity index (χ0) is 18.8. The van der Waals surface area contributed by atoms with Crippen LogP contribution in [0.2, 0.25) is 5.02 Å². The van der Waals surface area contributed by atoms with Crippen LogP contribution in [0.5, 0.6) is 5.75 Å². The summed E-state index contributed by atoms with van der Waals surface area (Å²) in [4.78, 5) is 12.4. The van der Waals surface area contributed by atoms with Crippen molar-refractivity contribution in [2.24, 2.45) is 5.92 Å². The van der Waals surface area contributed by atoms with Gasteiger partial charge in [-0.25, -0.2) is 4.68 Å². The van der Waals surface area contributed by atoms with Crippen molar-refractivity contribution in [2.75, 3.05) is 5.32 Å². The minimum atomic E-state index is -0.00598. The summed E-state index contributed by atoms with van der Waals surface area (Å²) in [5.74, 6) is 1.03. The largest absolute Gasteiger partial charge is 0.471 e. The van der Waals surface area contributed by atoms with Crippen LogP contribution in [-0.2, 0) is 11.5 Å². The van der Waals surface area contributed by atoms with E-state index in [0.717, 1.165) is 22.2 Å². The summed E-state index contributed by atoms with van der Waals surface area (Å²) in [5, 5.41) is 7.86. The Labute approximate surface area is 170 Å². The molecule has 1 aliphatic rings. The van der Waals surface area contributed by atoms with Crippen LogP contribution < -0.4 is 10.1 Å². The maximum atomic E-state index is 12.4. The zero-order valence-electron chi connectivity index (χ0n) is 14.3. The standard InChI is InChI=1S/C20H17BrClN3O2/c21-14-3-7-17(8-4-14)27-12-25-11-16(10-23-25)24-20(26)19-9-18(19)13-1-5-15(22)6-2-13/h1-8,10-11,18-19H,9,12H2,(H,24,26). The van der Waals surface area contributed by atoms with Gasteiger partial charge in [-0.2, -0.15) is 5.10 Å². The average Bonchev–Trinajstić information content (AvgIpc) is 3.35. The minimum Gasteiger partial charge on any atom is -0.471 e. The van der Waals surface area contributed by atoms with Crippen molar-refractivity contribution in [3.8, 4) is 5.75 Å². The van der Waals surface area contributed by atoms with Gasteiger partial charge in [0.25, 0.3) is 0 Å². The summed E-state index contributed by atoms with van der Waals surface area (Å²) in [7, 11) is 0. The highest BCUT2D eigenvalue weighted by atomic mass is 79.9. The molecular weight excluding hydrogens is 430 g/mol. The van der Waals surface area contributed by atoms with Crippen molar-refractivity contribution >= 4 is 39.1 Å². The van der Waals surface area contributed by atoms with Crippen molar-refractivity contribution in [1.29, 1.82) is 0 Å². The molecule has 0 aliphatic heterocycles. The molecular formula is C20H17BrClN3O2. The van der Waals surface area contributed by atoms with Gasteiger partial charge in [0.05, 0.1) is 18.1 Å². The lowest BCUT2D eigenvalue weighted by Crippen LogP contribution is -2.14. The fourth-order valence-corrected chi connectivity index (χ4v) is 3.36. The summed E-state index contributed by atoms with van der Waals surface area (Å²) >= 11 is 9.30. The Morgan fingerprint density at radius 2 is 1.96 bits per heavy atom. The molecule has 7 heteroatoms. The molecule has 1 amide bonds. The van der Waals surface area contributed by atoms with Gasteiger partial charge in [0.1, 0.15) is 5.75 Å². The van der Waals surface area contributed by atoms with E-state index in [-0.39, 0.29) is 24.5 Å². The maximum Gasteiger partial charge on any atom is 0.228 e. The highest BCUT2D eigenvalue weighted by molar-refractivity contribution is 9.10. The Bertz CT molecular complexity index is 941. The number of nitrogens with one attached hydrogen (secondary N) is 1. The Hall–Kier alpha value is -2.31. The number of aromatic nitrogens is 2. The third-order valence-electron chi connectivity index (χ3n) is 4.50. The molecule has 27 heavy (non-hydrogen) atoms. The van der Waals surface area contributed by atoms with Crippen LogP contribution >= 0.6 is 27.5 Å². The van der Waals surface area contributed by atoms with Gasteiger partial charge in [-0.3, -0.25) is 4.79 Å². The highest BCUT2D eigenvalue weighted by Gasteiger charge is 2.43. The molecule has 3 aromatic rings. The Morgan fingerprint density at radius 3 is 2.70 bits per heavy atom. The first-order valence-electron chi connectivity index (χ1n) is 8.55. The van der Waals surface area contributed by atoms with Crippen LogP contribution in [-0.4, -0.2) is 15.7 Å². The van der Waals surface area contributed by atoms with E-state index in [0.29, 0.717) is 10.7 Å². The van der Waals surface area contributed by atoms with Crippen LogP contribution in [0.3, 0.4) is 0 Å². The molecule has 2 atom stereocenters. The fourth-order valence-electron chi connectivity index (χ4n) is 2.97. The lowest BCUT2D eigenvalue weighted by molar-refractivity contribution is -0.117. The van der Waals surface area contributed by atoms with E-state index in [1.807, 2.05) is 48.5 Å². The number of amides is 1. The molecule has 1 heterocycles. The molecule has 1 saturated carbocycles. The van der Waals surface area contributed by atoms with Crippen LogP contribution in [0, 0.1) is 5.92 Å². The molecule has 1 aromatic heterocycles. The smallest absolute Gasteiger partial charge is 0.228 e. The van der Waals surface area contributed by atoms with Crippen molar-refractivity contribution in [1.82, 2.24) is 9.78 Å². The van der Waals surface area contributed by atoms with E-state index >= 15 is 0 Å². The second-order valence-corrected chi connectivity index (χ2v) is 7.84. The molecule has 5 nitrogen and oxygen atoms in total. The number of carbonyl (C=O) groups is 1. The normalized spacial score (nSPS) is 18.1. The molecule has 1 aliphatic carbocycles. The quantitative estimate of drug-likeness (QED) is 0.574. The Morgan fingerprint density at radius 1 is 1.22 bits per heavy atom. The average molecular weight is 447 g/mol. The first kappa shape index (κ1) is 18.1. The number of halogens is 2. The molecule has 0 bridgehead atoms. The van der Waals surface area contributed by atoms with E-state index in [4.69, 9.17) is 16.3 Å². The first-order chi connectivity index (χ1) is 13.1. The minimum absolute atomic E-state index is 0.00598. The van der Waals surface area contributed by atoms with E-state index in [9.17, 15) is 4.79 Å². The summed E-state index contributed by atoms with van der Waals surface area (Å²) < 4.78 is 8.30. The number of rotatable bonds is 6. The summed E-state index contributed by atoms with van der Waals surface area (Å²) in [6, 6.07) is 15.3. The molecule has 138 valence electrons. The van der Waals surface area contributed by atoms with Gasteiger partial charge in [0, 0.05) is 15.4 Å². The lowest BCUT2D eigenvalue weighted by atomic mass is 10.1. The molecule has 2 unspecified atom stereocenters. The van der Waals surface area contributed by atoms with Gasteiger partial charge in [0.15, 0.2) is 6.73 Å². The van der Waals surface area contributed by atoms with E-state index < -0.39 is 0 Å². The summed E-state index contributed by atoms with van der Waals surface area (Å²) in [6.07, 6.45) is 4.24. The van der Waals surface area contributed by atoms with E-state index in [2.05, 4.69) is 26.3 Å². The predicted molar refractivity (Wildman–Crippen MR) is 108 cm³/mol. The number of anilines is 1. The molecule has 2 aromatic carbocycles. The number of benzene rings is 2. The van der Waals surface area contributed by atoms with Crippen LogP contribution in [0.1, 0.15) is 17.9 Å². The first-order valence-corrected chi connectivity index (χ1v) is 9.73. The number of nitrogens with zero attached hydrogens (tertiary/aromatic N) is 2. The van der Waals surface area contributed by atoms with Gasteiger partial charge in [-0.15, -0.1) is 0 Å². The molecule has 4 rings (SSSR count). The Balaban J connectivity index is 1.29. The summed E-state index contributed by atoms with van der Waals surface area (Å²) in [6.45, 7) is 0.272. The number of hydrogen-bond donors (Lipinski definition) is 1. The van der Waals surface area contributed by atoms with E-state index in [1.54, 1.807) is 17.1 Å². The van der Waals surface area contributed by atoms with Crippen molar-refractivity contribution in [2.45, 2.75) is 19.1 Å². The molecule has 1 N–H and O–H groups in total. The topological polar surface area (TPSA) is 56.2 Å². The van der Waals surface area contributed by atoms with Gasteiger partial charge < -0.3 is 10.1 Å². The highest BCUT2D eigenvalue weighted by Crippen LogP contribution is 2.48. The second-order valence-electron chi connectivity index (χ2n) is 6.49. The van der Waals surface area contributed by atoms with Crippen molar-refractivity contribution < 1.29 is 9.53 Å². The molecule has 1 fully saturated rings. The third kappa shape index (κ3) is 4.51. The third-order valence-corrected chi connectivity index (χ3v) is 5.28. The molecule has 0 saturated heterocycles. The number of hydrogen-bond acceptors (Lipinski definition) is 3. The van der Waals surface area contributed by atoms with Crippen molar-refractivity contribution in [3.05, 3.63) is 76.0 Å². The fraction of sp³-hybridized carbons (Fsp3) is 0.200. The number of ether oxygens (including phenoxy) is 1. The van der Waals surface area contributed by atoms with Gasteiger partial charge in [-0.05, 0) is 54.3 Å². The summed E-state index contributed by atoms with van der Waals surface area (Å²) in [5.41, 5.74) is 1.82. The zero-order valence-corrected chi connectivity index (χ0v) is 16.7. The number of carbonyl (C=O) groups excluding carboxylic acids is 1. The molecule has 0 radical (unpaired) electrons. The Kier molecular flexibility index (Phi) is 5.18. The van der Waals surface area contributed by atoms with Gasteiger partial charge in [0.2, 0.25) is 5.91 Å². The second kappa shape index (κ2) is 7.74. The van der Waals surface area contributed by atoms with Crippen molar-refractivity contribution in [3.63, 3.8) is 0 Å². The predicted octanol–water partition coefficient (Wildman–Crippen LogP) is 5.08. The monoisotopic (exact) mass is 445 g/mol. The maximum absolute atomic E-state index is 12.4. The van der Waals surface area contributed by atoms with Crippen LogP contribution in [0.15, 0.2) is 65.4 Å². The van der Waals surface area contributed by atoms with Gasteiger partial charge in [-0.1, -0.05) is 39.7 Å². The molecule has 0 spiro atoms. The van der Waals surface area contributed by atoms with Crippen LogP contribution in [0.25, 0.3) is 0 Å². The lowest BCUT2D eigenvalue weighted by Gasteiger charge is -2.06.